The number of hydrogen-bond donors (Lipinski definition) is 0. The zero-order valence-corrected chi connectivity index (χ0v) is 17.8. The molecule has 0 amide bonds. The van der Waals surface area contributed by atoms with Gasteiger partial charge >= 0.3 is 0 Å². The largest absolute Gasteiger partial charge is 0.488 e. The summed E-state index contributed by atoms with van der Waals surface area (Å²) < 4.78 is 79.5. The van der Waals surface area contributed by atoms with E-state index >= 15 is 0 Å². The predicted molar refractivity (Wildman–Crippen MR) is 109 cm³/mol. The molecule has 32 heavy (non-hydrogen) atoms. The molecule has 0 spiro atoms. The average Bonchev–Trinajstić information content (AvgIpc) is 3.10. The second-order valence-corrected chi connectivity index (χ2v) is 7.72. The van der Waals surface area contributed by atoms with E-state index in [0.29, 0.717) is 11.1 Å². The van der Waals surface area contributed by atoms with E-state index in [1.165, 1.54) is 12.1 Å². The van der Waals surface area contributed by atoms with Gasteiger partial charge in [0.1, 0.15) is 18.1 Å². The van der Waals surface area contributed by atoms with Gasteiger partial charge < -0.3 is 9.47 Å². The van der Waals surface area contributed by atoms with Crippen molar-refractivity contribution in [2.24, 2.45) is 0 Å². The third-order valence-corrected chi connectivity index (χ3v) is 5.62. The van der Waals surface area contributed by atoms with E-state index < -0.39 is 41.3 Å². The molecule has 1 aliphatic heterocycles. The highest BCUT2D eigenvalue weighted by atomic mass is 79.9. The van der Waals surface area contributed by atoms with Gasteiger partial charge in [0.05, 0.1) is 11.1 Å². The lowest BCUT2D eigenvalue weighted by atomic mass is 10.1. The molecule has 0 radical (unpaired) electrons. The van der Waals surface area contributed by atoms with Gasteiger partial charge in [0.25, 0.3) is 0 Å². The Hall–Kier alpha value is -3.20. The van der Waals surface area contributed by atoms with Crippen LogP contribution in [0.25, 0.3) is 6.08 Å². The molecule has 0 fully saturated rings. The molecule has 0 saturated carbocycles. The second kappa shape index (κ2) is 8.38. The van der Waals surface area contributed by atoms with Gasteiger partial charge in [0.2, 0.25) is 11.6 Å². The molecular weight excluding hydrogens is 499 g/mol. The predicted octanol–water partition coefficient (Wildman–Crippen LogP) is 6.65. The molecule has 0 N–H and O–H groups in total. The minimum Gasteiger partial charge on any atom is -0.488 e. The van der Waals surface area contributed by atoms with Gasteiger partial charge in [-0.1, -0.05) is 34.1 Å². The molecule has 0 atom stereocenters. The number of ether oxygens (including phenoxy) is 2. The Morgan fingerprint density at radius 3 is 2.22 bits per heavy atom. The summed E-state index contributed by atoms with van der Waals surface area (Å²) in [6.07, 6.45) is 1.56. The van der Waals surface area contributed by atoms with Crippen molar-refractivity contribution in [3.05, 3.63) is 98.0 Å². The minimum absolute atomic E-state index is 0.0580. The van der Waals surface area contributed by atoms with Crippen LogP contribution in [0.15, 0.2) is 46.6 Å². The highest BCUT2D eigenvalue weighted by molar-refractivity contribution is 9.10. The van der Waals surface area contributed by atoms with Gasteiger partial charge in [-0.3, -0.25) is 4.79 Å². The summed E-state index contributed by atoms with van der Waals surface area (Å²) in [6.45, 7) is 0.625. The maximum atomic E-state index is 13.9. The fourth-order valence-electron chi connectivity index (χ4n) is 3.18. The first-order chi connectivity index (χ1) is 15.2. The monoisotopic (exact) mass is 510 g/mol. The van der Waals surface area contributed by atoms with Gasteiger partial charge in [-0.15, -0.1) is 0 Å². The Balaban J connectivity index is 1.63. The topological polar surface area (TPSA) is 35.5 Å². The minimum atomic E-state index is -2.24. The lowest BCUT2D eigenvalue weighted by Gasteiger charge is -2.13. The van der Waals surface area contributed by atoms with Crippen LogP contribution in [0, 0.1) is 36.0 Å². The maximum absolute atomic E-state index is 13.9. The fraction of sp³-hybridized carbons (Fsp3) is 0.0870. The first-order valence-electron chi connectivity index (χ1n) is 9.16. The maximum Gasteiger partial charge on any atom is 0.231 e. The quantitative estimate of drug-likeness (QED) is 0.170. The van der Waals surface area contributed by atoms with Crippen LogP contribution in [-0.4, -0.2) is 5.78 Å². The first kappa shape index (κ1) is 22.0. The number of rotatable bonds is 4. The van der Waals surface area contributed by atoms with Gasteiger partial charge in [0, 0.05) is 10.0 Å². The van der Waals surface area contributed by atoms with E-state index in [1.54, 1.807) is 31.2 Å². The molecule has 1 aliphatic rings. The molecule has 3 aromatic carbocycles. The van der Waals surface area contributed by atoms with Gasteiger partial charge in [0.15, 0.2) is 29.0 Å². The van der Waals surface area contributed by atoms with Crippen molar-refractivity contribution in [3.63, 3.8) is 0 Å². The lowest BCUT2D eigenvalue weighted by Crippen LogP contribution is -2.10. The molecule has 9 heteroatoms. The van der Waals surface area contributed by atoms with Crippen molar-refractivity contribution in [2.45, 2.75) is 13.5 Å². The average molecular weight is 511 g/mol. The van der Waals surface area contributed by atoms with Crippen molar-refractivity contribution in [3.8, 4) is 11.5 Å². The van der Waals surface area contributed by atoms with Crippen LogP contribution in [0.1, 0.15) is 27.0 Å². The fourth-order valence-corrected chi connectivity index (χ4v) is 3.58. The highest BCUT2D eigenvalue weighted by Crippen LogP contribution is 2.40. The van der Waals surface area contributed by atoms with Crippen LogP contribution < -0.4 is 9.47 Å². The summed E-state index contributed by atoms with van der Waals surface area (Å²) in [4.78, 5) is 12.7. The number of ketones is 1. The standard InChI is InChI=1S/C23H12BrF5O3/c1-10-15(31-9-13-17(25)19(27)21(29)20(28)18(13)26)7-6-12-22(30)16(32-23(10)12)8-11-4-2-3-5-14(11)24/h2-8H,9H2,1H3/b16-8-. The molecule has 164 valence electrons. The van der Waals surface area contributed by atoms with E-state index in [0.717, 1.165) is 4.47 Å². The van der Waals surface area contributed by atoms with E-state index in [4.69, 9.17) is 9.47 Å². The summed E-state index contributed by atoms with van der Waals surface area (Å²) in [7, 11) is 0. The summed E-state index contributed by atoms with van der Waals surface area (Å²) in [5.74, 6) is -10.3. The van der Waals surface area contributed by atoms with Crippen LogP contribution in [0.2, 0.25) is 0 Å². The Labute approximate surface area is 187 Å². The van der Waals surface area contributed by atoms with E-state index in [1.807, 2.05) is 6.07 Å². The number of hydrogen-bond acceptors (Lipinski definition) is 3. The zero-order valence-electron chi connectivity index (χ0n) is 16.2. The van der Waals surface area contributed by atoms with E-state index in [-0.39, 0.29) is 28.6 Å². The Kier molecular flexibility index (Phi) is 5.77. The highest BCUT2D eigenvalue weighted by Gasteiger charge is 2.31. The Morgan fingerprint density at radius 2 is 1.56 bits per heavy atom. The molecule has 3 aromatic rings. The van der Waals surface area contributed by atoms with Crippen LogP contribution in [0.4, 0.5) is 22.0 Å². The van der Waals surface area contributed by atoms with Crippen molar-refractivity contribution >= 4 is 27.8 Å². The van der Waals surface area contributed by atoms with Crippen molar-refractivity contribution in [1.29, 1.82) is 0 Å². The molecule has 0 saturated heterocycles. The molecule has 0 unspecified atom stereocenters. The van der Waals surface area contributed by atoms with Gasteiger partial charge in [-0.25, -0.2) is 22.0 Å². The van der Waals surface area contributed by atoms with Crippen molar-refractivity contribution < 1.29 is 36.2 Å². The Morgan fingerprint density at radius 1 is 0.938 bits per heavy atom. The van der Waals surface area contributed by atoms with Crippen LogP contribution in [0.5, 0.6) is 11.5 Å². The molecule has 0 aliphatic carbocycles. The van der Waals surface area contributed by atoms with E-state index in [2.05, 4.69) is 15.9 Å². The smallest absolute Gasteiger partial charge is 0.231 e. The number of benzene rings is 3. The molecule has 0 aromatic heterocycles. The second-order valence-electron chi connectivity index (χ2n) is 6.86. The molecule has 3 nitrogen and oxygen atoms in total. The third-order valence-electron chi connectivity index (χ3n) is 4.90. The Bertz CT molecular complexity index is 1270. The van der Waals surface area contributed by atoms with Crippen LogP contribution in [0.3, 0.4) is 0 Å². The summed E-state index contributed by atoms with van der Waals surface area (Å²) in [5, 5.41) is 0. The summed E-state index contributed by atoms with van der Waals surface area (Å²) in [5.41, 5.74) is 0.191. The molecule has 1 heterocycles. The first-order valence-corrected chi connectivity index (χ1v) is 9.95. The van der Waals surface area contributed by atoms with Gasteiger partial charge in [-0.05, 0) is 36.8 Å². The summed E-state index contributed by atoms with van der Waals surface area (Å²) in [6, 6.07) is 9.96. The number of carbonyl (C=O) groups is 1. The molecule has 0 bridgehead atoms. The van der Waals surface area contributed by atoms with Crippen molar-refractivity contribution in [2.75, 3.05) is 0 Å². The third kappa shape index (κ3) is 3.66. The number of Topliss-reactive ketones (excluding diaryl/α,β-unsaturated/α-hetero) is 1. The van der Waals surface area contributed by atoms with Crippen LogP contribution >= 0.6 is 15.9 Å². The normalized spacial score (nSPS) is 14.0. The van der Waals surface area contributed by atoms with Crippen molar-refractivity contribution in [1.82, 2.24) is 0 Å². The van der Waals surface area contributed by atoms with Gasteiger partial charge in [-0.2, -0.15) is 0 Å². The zero-order chi connectivity index (χ0) is 23.2. The number of halogens is 6. The number of allylic oxidation sites excluding steroid dienone is 1. The number of fused-ring (bicyclic) bond motifs is 1. The lowest BCUT2D eigenvalue weighted by molar-refractivity contribution is 0.101. The SMILES string of the molecule is Cc1c(OCc2c(F)c(F)c(F)c(F)c2F)ccc2c1O/C(=C\c1ccccc1Br)C2=O. The summed E-state index contributed by atoms with van der Waals surface area (Å²) >= 11 is 3.38. The van der Waals surface area contributed by atoms with E-state index in [9.17, 15) is 26.7 Å². The molecular formula is C23H12BrF5O3. The number of carbonyl (C=O) groups excluding carboxylic acids is 1. The molecule has 4 rings (SSSR count). The van der Waals surface area contributed by atoms with Crippen LogP contribution in [-0.2, 0) is 6.61 Å².